The van der Waals surface area contributed by atoms with Crippen LogP contribution in [-0.2, 0) is 12.4 Å². The molecule has 3 nitrogen and oxygen atoms in total. The average molecular weight is 429 g/mol. The molecule has 0 bridgehead atoms. The second kappa shape index (κ2) is 7.89. The first-order valence-corrected chi connectivity index (χ1v) is 8.71. The molecule has 0 fully saturated rings. The van der Waals surface area contributed by atoms with E-state index in [1.54, 1.807) is 12.3 Å². The summed E-state index contributed by atoms with van der Waals surface area (Å²) in [5.74, 6) is 0. The van der Waals surface area contributed by atoms with Crippen molar-refractivity contribution in [3.63, 3.8) is 0 Å². The molecule has 2 amide bonds. The predicted molar refractivity (Wildman–Crippen MR) is 92.3 cm³/mol. The van der Waals surface area contributed by atoms with Crippen molar-refractivity contribution in [1.29, 1.82) is 0 Å². The van der Waals surface area contributed by atoms with Gasteiger partial charge in [-0.15, -0.1) is 11.8 Å². The summed E-state index contributed by atoms with van der Waals surface area (Å²) in [5.41, 5.74) is -3.49. The van der Waals surface area contributed by atoms with Crippen molar-refractivity contribution in [2.45, 2.75) is 17.2 Å². The van der Waals surface area contributed by atoms with Crippen molar-refractivity contribution in [3.05, 3.63) is 52.5 Å². The third-order valence-corrected chi connectivity index (χ3v) is 4.48. The first kappa shape index (κ1) is 21.2. The Morgan fingerprint density at radius 1 is 0.889 bits per heavy atom. The van der Waals surface area contributed by atoms with Crippen LogP contribution in [0.3, 0.4) is 0 Å². The molecule has 0 unspecified atom stereocenters. The van der Waals surface area contributed by atoms with Crippen LogP contribution in [0.2, 0.25) is 5.02 Å². The second-order valence-electron chi connectivity index (χ2n) is 5.22. The number of hydrogen-bond donors (Lipinski definition) is 2. The molecule has 0 aliphatic heterocycles. The Hall–Kier alpha value is -2.07. The summed E-state index contributed by atoms with van der Waals surface area (Å²) in [6.07, 6.45) is -8.22. The maximum atomic E-state index is 12.8. The van der Waals surface area contributed by atoms with Crippen LogP contribution in [0.25, 0.3) is 0 Å². The van der Waals surface area contributed by atoms with E-state index in [9.17, 15) is 31.1 Å². The summed E-state index contributed by atoms with van der Waals surface area (Å²) in [4.78, 5) is 12.7. The van der Waals surface area contributed by atoms with Crippen LogP contribution in [0.1, 0.15) is 11.1 Å². The van der Waals surface area contributed by atoms with Crippen LogP contribution in [-0.4, -0.2) is 12.3 Å². The number of anilines is 2. The quantitative estimate of drug-likeness (QED) is 0.419. The van der Waals surface area contributed by atoms with E-state index in [0.29, 0.717) is 17.2 Å². The van der Waals surface area contributed by atoms with Gasteiger partial charge in [-0.2, -0.15) is 26.3 Å². The van der Waals surface area contributed by atoms with Crippen LogP contribution in [0.5, 0.6) is 0 Å². The topological polar surface area (TPSA) is 41.1 Å². The number of carbonyl (C=O) groups excluding carboxylic acids is 1. The Morgan fingerprint density at radius 2 is 1.41 bits per heavy atom. The van der Waals surface area contributed by atoms with Crippen molar-refractivity contribution in [1.82, 2.24) is 0 Å². The predicted octanol–water partition coefficient (Wildman–Crippen LogP) is 6.74. The van der Waals surface area contributed by atoms with E-state index in [-0.39, 0.29) is 11.8 Å². The lowest BCUT2D eigenvalue weighted by atomic mass is 10.1. The first-order valence-electron chi connectivity index (χ1n) is 7.11. The van der Waals surface area contributed by atoms with Gasteiger partial charge in [-0.1, -0.05) is 11.6 Å². The number of rotatable bonds is 3. The van der Waals surface area contributed by atoms with E-state index in [1.807, 2.05) is 5.32 Å². The van der Waals surface area contributed by atoms with Crippen molar-refractivity contribution in [3.8, 4) is 0 Å². The second-order valence-corrected chi connectivity index (χ2v) is 6.48. The number of urea groups is 1. The maximum absolute atomic E-state index is 12.8. The molecule has 0 saturated heterocycles. The highest BCUT2D eigenvalue weighted by atomic mass is 35.5. The SMILES string of the molecule is CSc1ccc(NC(=O)Nc2cc(C(F)(F)F)cc(C(F)(F)F)c2)cc1Cl. The van der Waals surface area contributed by atoms with Gasteiger partial charge in [0.25, 0.3) is 0 Å². The fraction of sp³-hybridized carbons (Fsp3) is 0.188. The lowest BCUT2D eigenvalue weighted by molar-refractivity contribution is -0.143. The van der Waals surface area contributed by atoms with E-state index >= 15 is 0 Å². The summed E-state index contributed by atoms with van der Waals surface area (Å²) < 4.78 is 76.9. The van der Waals surface area contributed by atoms with Crippen molar-refractivity contribution >= 4 is 40.8 Å². The van der Waals surface area contributed by atoms with Crippen LogP contribution in [0, 0.1) is 0 Å². The smallest absolute Gasteiger partial charge is 0.308 e. The van der Waals surface area contributed by atoms with Gasteiger partial charge in [-0.05, 0) is 42.7 Å². The lowest BCUT2D eigenvalue weighted by Crippen LogP contribution is -2.20. The molecule has 2 aromatic rings. The standard InChI is InChI=1S/C16H11ClF6N2OS/c1-27-13-3-2-10(7-12(13)17)24-14(26)25-11-5-8(15(18,19)20)4-9(6-11)16(21,22)23/h2-7H,1H3,(H2,24,25,26). The minimum atomic E-state index is -5.00. The zero-order valence-corrected chi connectivity index (χ0v) is 15.0. The van der Waals surface area contributed by atoms with Crippen LogP contribution >= 0.6 is 23.4 Å². The number of nitrogens with one attached hydrogen (secondary N) is 2. The number of benzene rings is 2. The molecule has 0 radical (unpaired) electrons. The van der Waals surface area contributed by atoms with Gasteiger partial charge in [0.2, 0.25) is 0 Å². The molecule has 2 N–H and O–H groups in total. The molecular formula is C16H11ClF6N2OS. The van der Waals surface area contributed by atoms with E-state index < -0.39 is 35.2 Å². The molecule has 146 valence electrons. The summed E-state index contributed by atoms with van der Waals surface area (Å²) in [7, 11) is 0. The molecule has 0 aromatic heterocycles. The highest BCUT2D eigenvalue weighted by Crippen LogP contribution is 2.37. The number of hydrogen-bond acceptors (Lipinski definition) is 2. The minimum Gasteiger partial charge on any atom is -0.308 e. The molecule has 0 aliphatic carbocycles. The van der Waals surface area contributed by atoms with E-state index in [4.69, 9.17) is 11.6 Å². The molecule has 0 spiro atoms. The summed E-state index contributed by atoms with van der Waals surface area (Å²) in [5, 5.41) is 4.59. The van der Waals surface area contributed by atoms with Gasteiger partial charge in [-0.3, -0.25) is 0 Å². The van der Waals surface area contributed by atoms with Gasteiger partial charge in [-0.25, -0.2) is 4.79 Å². The average Bonchev–Trinajstić information content (AvgIpc) is 2.53. The first-order chi connectivity index (χ1) is 12.4. The molecule has 0 heterocycles. The third-order valence-electron chi connectivity index (χ3n) is 3.26. The molecular weight excluding hydrogens is 418 g/mol. The van der Waals surface area contributed by atoms with Crippen LogP contribution in [0.4, 0.5) is 42.5 Å². The van der Waals surface area contributed by atoms with Crippen molar-refractivity contribution in [2.75, 3.05) is 16.9 Å². The summed E-state index contributed by atoms with van der Waals surface area (Å²) in [6.45, 7) is 0. The monoisotopic (exact) mass is 428 g/mol. The zero-order valence-electron chi connectivity index (χ0n) is 13.4. The molecule has 2 aromatic carbocycles. The minimum absolute atomic E-state index is 0.0238. The van der Waals surface area contributed by atoms with E-state index in [0.717, 1.165) is 4.90 Å². The Balaban J connectivity index is 2.25. The highest BCUT2D eigenvalue weighted by molar-refractivity contribution is 7.98. The lowest BCUT2D eigenvalue weighted by Gasteiger charge is -2.15. The zero-order chi connectivity index (χ0) is 20.4. The molecule has 0 atom stereocenters. The van der Waals surface area contributed by atoms with Gasteiger partial charge in [0, 0.05) is 16.3 Å². The number of thioether (sulfide) groups is 1. The number of alkyl halides is 6. The number of halogens is 7. The third kappa shape index (κ3) is 5.70. The Bertz CT molecular complexity index is 822. The molecule has 2 rings (SSSR count). The largest absolute Gasteiger partial charge is 0.416 e. The maximum Gasteiger partial charge on any atom is 0.416 e. The summed E-state index contributed by atoms with van der Waals surface area (Å²) >= 11 is 7.33. The Labute approximate surface area is 159 Å². The van der Waals surface area contributed by atoms with Crippen molar-refractivity contribution in [2.24, 2.45) is 0 Å². The van der Waals surface area contributed by atoms with Crippen LogP contribution in [0.15, 0.2) is 41.3 Å². The molecule has 11 heteroatoms. The highest BCUT2D eigenvalue weighted by Gasteiger charge is 2.37. The molecule has 0 aliphatic rings. The Morgan fingerprint density at radius 3 is 1.85 bits per heavy atom. The number of carbonyl (C=O) groups is 1. The van der Waals surface area contributed by atoms with Gasteiger partial charge < -0.3 is 10.6 Å². The van der Waals surface area contributed by atoms with Crippen molar-refractivity contribution < 1.29 is 31.1 Å². The Kier molecular flexibility index (Phi) is 6.21. The van der Waals surface area contributed by atoms with Crippen LogP contribution < -0.4 is 10.6 Å². The molecule has 27 heavy (non-hydrogen) atoms. The van der Waals surface area contributed by atoms with Gasteiger partial charge in [0.05, 0.1) is 16.1 Å². The van der Waals surface area contributed by atoms with E-state index in [1.165, 1.54) is 23.9 Å². The summed E-state index contributed by atoms with van der Waals surface area (Å²) in [6, 6.07) is 4.29. The van der Waals surface area contributed by atoms with E-state index in [2.05, 4.69) is 5.32 Å². The fourth-order valence-corrected chi connectivity index (χ4v) is 2.93. The van der Waals surface area contributed by atoms with Gasteiger partial charge in [0.1, 0.15) is 0 Å². The van der Waals surface area contributed by atoms with Gasteiger partial charge >= 0.3 is 18.4 Å². The normalized spacial score (nSPS) is 12.0. The fourth-order valence-electron chi connectivity index (χ4n) is 2.06. The molecule has 0 saturated carbocycles. The number of amides is 2. The van der Waals surface area contributed by atoms with Gasteiger partial charge in [0.15, 0.2) is 0 Å².